The number of nitrogens with one attached hydrogen (secondary N) is 1. The van der Waals surface area contributed by atoms with Crippen LogP contribution in [-0.2, 0) is 14.6 Å². The summed E-state index contributed by atoms with van der Waals surface area (Å²) in [5.74, 6) is 0.695. The fraction of sp³-hybridized carbons (Fsp3) is 0.286. The lowest BCUT2D eigenvalue weighted by Crippen LogP contribution is -2.03. The van der Waals surface area contributed by atoms with E-state index in [4.69, 9.17) is 9.47 Å². The average molecular weight is 398 g/mol. The van der Waals surface area contributed by atoms with Gasteiger partial charge in [0.25, 0.3) is 0 Å². The Morgan fingerprint density at radius 2 is 2.07 bits per heavy atom. The maximum absolute atomic E-state index is 11.8. The lowest BCUT2D eigenvalue weighted by Gasteiger charge is -2.11. The van der Waals surface area contributed by atoms with Crippen molar-refractivity contribution >= 4 is 26.4 Å². The summed E-state index contributed by atoms with van der Waals surface area (Å²) in [4.78, 5) is 8.07. The van der Waals surface area contributed by atoms with Gasteiger partial charge in [0.2, 0.25) is 0 Å². The van der Waals surface area contributed by atoms with Crippen LogP contribution in [-0.4, -0.2) is 44.5 Å². The number of benzene rings is 1. The van der Waals surface area contributed by atoms with Crippen LogP contribution in [0.25, 0.3) is 16.6 Å². The Labute approximate surface area is 164 Å². The molecule has 0 saturated carbocycles. The molecule has 1 atom stereocenters. The van der Waals surface area contributed by atoms with E-state index < -0.39 is 9.84 Å². The second kappa shape index (κ2) is 7.41. The summed E-state index contributed by atoms with van der Waals surface area (Å²) in [5, 5.41) is 0.945. The van der Waals surface area contributed by atoms with Crippen molar-refractivity contribution in [3.63, 3.8) is 0 Å². The summed E-state index contributed by atoms with van der Waals surface area (Å²) in [6.45, 7) is 0.757. The van der Waals surface area contributed by atoms with E-state index in [9.17, 15) is 8.42 Å². The number of H-pyrrole nitrogens is 1. The van der Waals surface area contributed by atoms with Gasteiger partial charge in [0, 0.05) is 29.5 Å². The Balaban J connectivity index is 1.80. The smallest absolute Gasteiger partial charge is 0.175 e. The minimum absolute atomic E-state index is 0.0403. The first-order valence-corrected chi connectivity index (χ1v) is 11.0. The molecule has 0 aliphatic carbocycles. The summed E-state index contributed by atoms with van der Waals surface area (Å²) < 4.78 is 34.6. The maximum atomic E-state index is 11.8. The van der Waals surface area contributed by atoms with Crippen LogP contribution >= 0.6 is 0 Å². The molecule has 0 bridgehead atoms. The molecule has 1 N–H and O–H groups in total. The molecule has 146 valence electrons. The zero-order chi connectivity index (χ0) is 19.7. The summed E-state index contributed by atoms with van der Waals surface area (Å²) in [6, 6.07) is 10.9. The van der Waals surface area contributed by atoms with Crippen LogP contribution < -0.4 is 4.74 Å². The average Bonchev–Trinajstić information content (AvgIpc) is 3.34. The number of ether oxygens (including phenoxy) is 2. The van der Waals surface area contributed by atoms with Crippen LogP contribution in [0.15, 0.2) is 53.6 Å². The molecule has 28 heavy (non-hydrogen) atoms. The first kappa shape index (κ1) is 18.7. The van der Waals surface area contributed by atoms with E-state index in [2.05, 4.69) is 16.0 Å². The SMILES string of the molecule is COc1cnc2[nH]c(/C(=C\C3CCCO3)c3ccc(S(C)(=O)=O)cc3)cc2c1. The summed E-state index contributed by atoms with van der Waals surface area (Å²) in [5.41, 5.74) is 3.55. The molecule has 1 aromatic carbocycles. The van der Waals surface area contributed by atoms with E-state index in [0.29, 0.717) is 10.6 Å². The molecular formula is C21H22N2O4S. The number of methoxy groups -OCH3 is 1. The van der Waals surface area contributed by atoms with Crippen LogP contribution in [0.2, 0.25) is 0 Å². The van der Waals surface area contributed by atoms with Crippen LogP contribution in [0.4, 0.5) is 0 Å². The lowest BCUT2D eigenvalue weighted by molar-refractivity contribution is 0.146. The van der Waals surface area contributed by atoms with Gasteiger partial charge in [0.05, 0.1) is 24.3 Å². The molecule has 1 aliphatic heterocycles. The zero-order valence-corrected chi connectivity index (χ0v) is 16.6. The quantitative estimate of drug-likeness (QED) is 0.710. The highest BCUT2D eigenvalue weighted by Gasteiger charge is 2.18. The van der Waals surface area contributed by atoms with Crippen molar-refractivity contribution in [1.29, 1.82) is 0 Å². The van der Waals surface area contributed by atoms with E-state index >= 15 is 0 Å². The highest BCUT2D eigenvalue weighted by atomic mass is 32.2. The molecule has 6 nitrogen and oxygen atoms in total. The van der Waals surface area contributed by atoms with Crippen molar-refractivity contribution in [2.24, 2.45) is 0 Å². The van der Waals surface area contributed by atoms with E-state index in [1.807, 2.05) is 24.3 Å². The molecule has 4 rings (SSSR count). The second-order valence-electron chi connectivity index (χ2n) is 6.92. The molecular weight excluding hydrogens is 376 g/mol. The van der Waals surface area contributed by atoms with Crippen molar-refractivity contribution in [3.05, 3.63) is 59.9 Å². The van der Waals surface area contributed by atoms with Crippen molar-refractivity contribution in [2.75, 3.05) is 20.0 Å². The van der Waals surface area contributed by atoms with E-state index in [1.54, 1.807) is 25.4 Å². The highest BCUT2D eigenvalue weighted by Crippen LogP contribution is 2.30. The Morgan fingerprint density at radius 1 is 1.29 bits per heavy atom. The van der Waals surface area contributed by atoms with Crippen molar-refractivity contribution in [3.8, 4) is 5.75 Å². The van der Waals surface area contributed by atoms with Gasteiger partial charge in [-0.15, -0.1) is 0 Å². The first-order valence-electron chi connectivity index (χ1n) is 9.11. The van der Waals surface area contributed by atoms with Crippen LogP contribution in [0.5, 0.6) is 5.75 Å². The topological polar surface area (TPSA) is 81.3 Å². The molecule has 0 amide bonds. The zero-order valence-electron chi connectivity index (χ0n) is 15.8. The molecule has 1 aliphatic rings. The van der Waals surface area contributed by atoms with Crippen molar-refractivity contribution in [1.82, 2.24) is 9.97 Å². The van der Waals surface area contributed by atoms with Gasteiger partial charge in [-0.1, -0.05) is 12.1 Å². The van der Waals surface area contributed by atoms with Gasteiger partial charge in [0.15, 0.2) is 9.84 Å². The van der Waals surface area contributed by atoms with Crippen molar-refractivity contribution < 1.29 is 17.9 Å². The predicted molar refractivity (Wildman–Crippen MR) is 108 cm³/mol. The van der Waals surface area contributed by atoms with Crippen LogP contribution in [0, 0.1) is 0 Å². The Kier molecular flexibility index (Phi) is 4.95. The third-order valence-corrected chi connectivity index (χ3v) is 6.01. The van der Waals surface area contributed by atoms with Gasteiger partial charge in [-0.2, -0.15) is 0 Å². The van der Waals surface area contributed by atoms with E-state index in [1.165, 1.54) is 6.26 Å². The highest BCUT2D eigenvalue weighted by molar-refractivity contribution is 7.90. The minimum atomic E-state index is -3.24. The molecule has 0 spiro atoms. The fourth-order valence-corrected chi connectivity index (χ4v) is 4.03. The number of sulfone groups is 1. The number of aromatic nitrogens is 2. The van der Waals surface area contributed by atoms with Gasteiger partial charge in [-0.05, 0) is 48.7 Å². The maximum Gasteiger partial charge on any atom is 0.175 e. The Bertz CT molecular complexity index is 1120. The largest absolute Gasteiger partial charge is 0.495 e. The summed E-state index contributed by atoms with van der Waals surface area (Å²) in [7, 11) is -1.62. The van der Waals surface area contributed by atoms with Crippen LogP contribution in [0.3, 0.4) is 0 Å². The molecule has 7 heteroatoms. The summed E-state index contributed by atoms with van der Waals surface area (Å²) in [6.07, 6.45) is 7.03. The first-order chi connectivity index (χ1) is 13.4. The molecule has 3 heterocycles. The van der Waals surface area contributed by atoms with E-state index in [-0.39, 0.29) is 6.10 Å². The van der Waals surface area contributed by atoms with Gasteiger partial charge in [-0.3, -0.25) is 0 Å². The molecule has 1 fully saturated rings. The van der Waals surface area contributed by atoms with Gasteiger partial charge >= 0.3 is 0 Å². The number of hydrogen-bond acceptors (Lipinski definition) is 5. The second-order valence-corrected chi connectivity index (χ2v) is 8.94. The third-order valence-electron chi connectivity index (χ3n) is 4.88. The number of hydrogen-bond donors (Lipinski definition) is 1. The summed E-state index contributed by atoms with van der Waals surface area (Å²) >= 11 is 0. The molecule has 0 radical (unpaired) electrons. The Morgan fingerprint density at radius 3 is 2.71 bits per heavy atom. The number of rotatable bonds is 5. The molecule has 1 unspecified atom stereocenters. The van der Waals surface area contributed by atoms with Gasteiger partial charge < -0.3 is 14.5 Å². The number of aromatic amines is 1. The lowest BCUT2D eigenvalue weighted by atomic mass is 10.00. The standard InChI is InChI=1S/C21H22N2O4S/c1-26-17-10-15-11-20(23-21(15)22-13-17)19(12-16-4-3-9-27-16)14-5-7-18(8-6-14)28(2,24)25/h5-8,10-13,16H,3-4,9H2,1-2H3,(H,22,23)/b19-12-. The van der Waals surface area contributed by atoms with Crippen LogP contribution in [0.1, 0.15) is 24.1 Å². The third kappa shape index (κ3) is 3.81. The predicted octanol–water partition coefficient (Wildman–Crippen LogP) is 3.59. The van der Waals surface area contributed by atoms with Crippen molar-refractivity contribution in [2.45, 2.75) is 23.8 Å². The van der Waals surface area contributed by atoms with E-state index in [0.717, 1.165) is 47.3 Å². The number of nitrogens with zero attached hydrogens (tertiary/aromatic N) is 1. The van der Waals surface area contributed by atoms with Gasteiger partial charge in [0.1, 0.15) is 11.4 Å². The molecule has 1 saturated heterocycles. The Hall–Kier alpha value is -2.64. The monoisotopic (exact) mass is 398 g/mol. The molecule has 2 aromatic heterocycles. The number of pyridine rings is 1. The van der Waals surface area contributed by atoms with Gasteiger partial charge in [-0.25, -0.2) is 13.4 Å². The minimum Gasteiger partial charge on any atom is -0.495 e. The normalized spacial score (nSPS) is 17.9. The fourth-order valence-electron chi connectivity index (χ4n) is 3.40. The molecule has 3 aromatic rings. The number of fused-ring (bicyclic) bond motifs is 1.